The van der Waals surface area contributed by atoms with Gasteiger partial charge in [0.15, 0.2) is 0 Å². The lowest BCUT2D eigenvalue weighted by Gasteiger charge is -2.10. The molecule has 6 nitrogen and oxygen atoms in total. The molecule has 19 heavy (non-hydrogen) atoms. The lowest BCUT2D eigenvalue weighted by Crippen LogP contribution is -2.40. The van der Waals surface area contributed by atoms with E-state index in [0.717, 1.165) is 5.56 Å². The molecular weight excluding hydrogens is 248 g/mol. The molecule has 2 rings (SSSR count). The number of hydrogen-bond donors (Lipinski definition) is 3. The van der Waals surface area contributed by atoms with Gasteiger partial charge < -0.3 is 20.5 Å². The van der Waals surface area contributed by atoms with Crippen molar-refractivity contribution in [2.24, 2.45) is 0 Å². The second kappa shape index (κ2) is 6.19. The topological polar surface area (TPSA) is 87.7 Å². The Hall–Kier alpha value is -2.08. The Kier molecular flexibility index (Phi) is 4.35. The van der Waals surface area contributed by atoms with E-state index in [0.29, 0.717) is 6.42 Å². The van der Waals surface area contributed by atoms with Crippen LogP contribution in [-0.2, 0) is 16.1 Å². The quantitative estimate of drug-likeness (QED) is 0.723. The minimum atomic E-state index is -0.638. The number of amides is 2. The van der Waals surface area contributed by atoms with Crippen molar-refractivity contribution in [2.45, 2.75) is 25.1 Å². The highest BCUT2D eigenvalue weighted by atomic mass is 16.5. The fraction of sp³-hybridized carbons (Fsp3) is 0.385. The number of nitrogens with one attached hydrogen (secondary N) is 2. The highest BCUT2D eigenvalue weighted by molar-refractivity contribution is 5.87. The van der Waals surface area contributed by atoms with Gasteiger partial charge >= 0.3 is 6.09 Å². The van der Waals surface area contributed by atoms with Crippen LogP contribution in [0, 0.1) is 0 Å². The average molecular weight is 264 g/mol. The number of rotatable bonds is 4. The van der Waals surface area contributed by atoms with Crippen molar-refractivity contribution in [3.63, 3.8) is 0 Å². The highest BCUT2D eigenvalue weighted by Crippen LogP contribution is 2.08. The standard InChI is InChI=1S/C13H16N2O4/c16-7-10-6-11(12(17)14-10)15-13(18)19-8-9-4-2-1-3-5-9/h1-5,10-11,16H,6-8H2,(H,14,17)(H,15,18)/t10-,11-/m1/s1. The van der Waals surface area contributed by atoms with Crippen molar-refractivity contribution in [1.29, 1.82) is 0 Å². The van der Waals surface area contributed by atoms with Crippen molar-refractivity contribution in [2.75, 3.05) is 6.61 Å². The van der Waals surface area contributed by atoms with E-state index in [1.807, 2.05) is 30.3 Å². The Labute approximate surface area is 110 Å². The van der Waals surface area contributed by atoms with E-state index in [2.05, 4.69) is 10.6 Å². The Bertz CT molecular complexity index is 449. The van der Waals surface area contributed by atoms with Gasteiger partial charge in [-0.05, 0) is 12.0 Å². The molecular formula is C13H16N2O4. The highest BCUT2D eigenvalue weighted by Gasteiger charge is 2.32. The molecule has 6 heteroatoms. The van der Waals surface area contributed by atoms with Gasteiger partial charge in [-0.2, -0.15) is 0 Å². The Morgan fingerprint density at radius 3 is 2.79 bits per heavy atom. The Morgan fingerprint density at radius 1 is 1.42 bits per heavy atom. The van der Waals surface area contributed by atoms with Gasteiger partial charge in [-0.25, -0.2) is 4.79 Å². The number of aliphatic hydroxyl groups is 1. The first-order chi connectivity index (χ1) is 9.19. The van der Waals surface area contributed by atoms with E-state index in [-0.39, 0.29) is 25.2 Å². The summed E-state index contributed by atoms with van der Waals surface area (Å²) in [6.07, 6.45) is -0.266. The largest absolute Gasteiger partial charge is 0.445 e. The van der Waals surface area contributed by atoms with E-state index in [1.165, 1.54) is 0 Å². The van der Waals surface area contributed by atoms with Crippen LogP contribution in [0.25, 0.3) is 0 Å². The van der Waals surface area contributed by atoms with E-state index < -0.39 is 12.1 Å². The maximum Gasteiger partial charge on any atom is 0.408 e. The van der Waals surface area contributed by atoms with Crippen LogP contribution in [0.5, 0.6) is 0 Å². The van der Waals surface area contributed by atoms with Crippen LogP contribution >= 0.6 is 0 Å². The average Bonchev–Trinajstić information content (AvgIpc) is 2.78. The molecule has 1 heterocycles. The van der Waals surface area contributed by atoms with Crippen molar-refractivity contribution >= 4 is 12.0 Å². The molecule has 0 unspecified atom stereocenters. The van der Waals surface area contributed by atoms with Gasteiger partial charge in [0.05, 0.1) is 12.6 Å². The number of ether oxygens (including phenoxy) is 1. The minimum Gasteiger partial charge on any atom is -0.445 e. The van der Waals surface area contributed by atoms with Crippen LogP contribution in [-0.4, -0.2) is 35.8 Å². The third-order valence-corrected chi connectivity index (χ3v) is 2.91. The summed E-state index contributed by atoms with van der Waals surface area (Å²) in [5.41, 5.74) is 0.877. The molecule has 102 valence electrons. The molecule has 0 bridgehead atoms. The first-order valence-corrected chi connectivity index (χ1v) is 6.07. The molecule has 0 aromatic heterocycles. The summed E-state index contributed by atoms with van der Waals surface area (Å²) < 4.78 is 5.01. The first kappa shape index (κ1) is 13.4. The van der Waals surface area contributed by atoms with Gasteiger partial charge in [-0.15, -0.1) is 0 Å². The van der Waals surface area contributed by atoms with E-state index in [9.17, 15) is 9.59 Å². The van der Waals surface area contributed by atoms with Crippen LogP contribution in [0.3, 0.4) is 0 Å². The Balaban J connectivity index is 1.77. The smallest absolute Gasteiger partial charge is 0.408 e. The van der Waals surface area contributed by atoms with Crippen molar-refractivity contribution in [3.05, 3.63) is 35.9 Å². The van der Waals surface area contributed by atoms with E-state index in [4.69, 9.17) is 9.84 Å². The third-order valence-electron chi connectivity index (χ3n) is 2.91. The predicted octanol–water partition coefficient (Wildman–Crippen LogP) is 0.162. The molecule has 0 spiro atoms. The molecule has 2 atom stereocenters. The van der Waals surface area contributed by atoms with Crippen molar-refractivity contribution in [1.82, 2.24) is 10.6 Å². The van der Waals surface area contributed by atoms with Crippen LogP contribution in [0.4, 0.5) is 4.79 Å². The lowest BCUT2D eigenvalue weighted by atomic mass is 10.2. The first-order valence-electron chi connectivity index (χ1n) is 6.07. The van der Waals surface area contributed by atoms with Gasteiger partial charge in [-0.1, -0.05) is 30.3 Å². The van der Waals surface area contributed by atoms with Crippen molar-refractivity contribution < 1.29 is 19.4 Å². The zero-order valence-corrected chi connectivity index (χ0v) is 10.3. The van der Waals surface area contributed by atoms with E-state index >= 15 is 0 Å². The summed E-state index contributed by atoms with van der Waals surface area (Å²) >= 11 is 0. The fourth-order valence-electron chi connectivity index (χ4n) is 1.90. The predicted molar refractivity (Wildman–Crippen MR) is 67.2 cm³/mol. The summed E-state index contributed by atoms with van der Waals surface area (Å²) in [7, 11) is 0. The van der Waals surface area contributed by atoms with Crippen LogP contribution in [0.2, 0.25) is 0 Å². The molecule has 0 aliphatic carbocycles. The number of carbonyl (C=O) groups excluding carboxylic acids is 2. The second-order valence-electron chi connectivity index (χ2n) is 4.38. The van der Waals surface area contributed by atoms with Crippen LogP contribution in [0.15, 0.2) is 30.3 Å². The van der Waals surface area contributed by atoms with Gasteiger partial charge in [0.2, 0.25) is 5.91 Å². The summed E-state index contributed by atoms with van der Waals surface area (Å²) in [4.78, 5) is 23.0. The number of hydrogen-bond acceptors (Lipinski definition) is 4. The van der Waals surface area contributed by atoms with Gasteiger partial charge in [0.25, 0.3) is 0 Å². The fourth-order valence-corrected chi connectivity index (χ4v) is 1.90. The van der Waals surface area contributed by atoms with Crippen LogP contribution < -0.4 is 10.6 Å². The SMILES string of the molecule is O=C(N[C@@H]1C[C@H](CO)NC1=O)OCc1ccccc1. The Morgan fingerprint density at radius 2 is 2.16 bits per heavy atom. The molecule has 1 aliphatic rings. The summed E-state index contributed by atoms with van der Waals surface area (Å²) in [5, 5.41) is 14.0. The zero-order valence-electron chi connectivity index (χ0n) is 10.3. The maximum absolute atomic E-state index is 11.5. The number of aliphatic hydroxyl groups excluding tert-OH is 1. The summed E-state index contributed by atoms with van der Waals surface area (Å²) in [5.74, 6) is -0.296. The molecule has 1 saturated heterocycles. The number of benzene rings is 1. The zero-order chi connectivity index (χ0) is 13.7. The lowest BCUT2D eigenvalue weighted by molar-refractivity contribution is -0.121. The second-order valence-corrected chi connectivity index (χ2v) is 4.38. The van der Waals surface area contributed by atoms with Gasteiger partial charge in [0, 0.05) is 0 Å². The van der Waals surface area contributed by atoms with E-state index in [1.54, 1.807) is 0 Å². The van der Waals surface area contributed by atoms with Crippen molar-refractivity contribution in [3.8, 4) is 0 Å². The van der Waals surface area contributed by atoms with Gasteiger partial charge in [0.1, 0.15) is 12.6 Å². The molecule has 1 fully saturated rings. The normalized spacial score (nSPS) is 21.8. The summed E-state index contributed by atoms with van der Waals surface area (Å²) in [6, 6.07) is 8.34. The van der Waals surface area contributed by atoms with Crippen LogP contribution in [0.1, 0.15) is 12.0 Å². The van der Waals surface area contributed by atoms with Gasteiger partial charge in [-0.3, -0.25) is 4.79 Å². The molecule has 1 aliphatic heterocycles. The third kappa shape index (κ3) is 3.69. The minimum absolute atomic E-state index is 0.136. The molecule has 0 radical (unpaired) electrons. The molecule has 1 aromatic carbocycles. The number of carbonyl (C=O) groups is 2. The molecule has 1 aromatic rings. The summed E-state index contributed by atoms with van der Waals surface area (Å²) in [6.45, 7) is 0.0213. The number of alkyl carbamates (subject to hydrolysis) is 1. The molecule has 0 saturated carbocycles. The molecule has 2 amide bonds. The monoisotopic (exact) mass is 264 g/mol. The maximum atomic E-state index is 11.5. The molecule has 3 N–H and O–H groups in total.